The molecule has 1 heterocycles. The number of esters is 1. The molecule has 0 aromatic carbocycles. The van der Waals surface area contributed by atoms with Crippen molar-refractivity contribution >= 4 is 5.97 Å². The van der Waals surface area contributed by atoms with Gasteiger partial charge >= 0.3 is 5.97 Å². The lowest BCUT2D eigenvalue weighted by molar-refractivity contribution is -0.145. The molecule has 92 valence electrons. The number of ether oxygens (including phenoxy) is 3. The van der Waals surface area contributed by atoms with Crippen molar-refractivity contribution in [2.24, 2.45) is 0 Å². The summed E-state index contributed by atoms with van der Waals surface area (Å²) in [6.45, 7) is 8.08. The van der Waals surface area contributed by atoms with Crippen molar-refractivity contribution in [1.82, 2.24) is 4.90 Å². The van der Waals surface area contributed by atoms with Crippen molar-refractivity contribution in [3.05, 3.63) is 12.8 Å². The second-order valence-corrected chi connectivity index (χ2v) is 3.46. The van der Waals surface area contributed by atoms with Gasteiger partial charge in [-0.15, -0.1) is 0 Å². The van der Waals surface area contributed by atoms with Crippen molar-refractivity contribution < 1.29 is 19.0 Å². The lowest BCUT2D eigenvalue weighted by Crippen LogP contribution is -2.37. The summed E-state index contributed by atoms with van der Waals surface area (Å²) in [5.74, 6) is -0.181. The first-order valence-electron chi connectivity index (χ1n) is 5.51. The van der Waals surface area contributed by atoms with Gasteiger partial charge in [-0.1, -0.05) is 6.58 Å². The maximum absolute atomic E-state index is 11.3. The van der Waals surface area contributed by atoms with E-state index in [4.69, 9.17) is 14.2 Å². The van der Waals surface area contributed by atoms with Crippen molar-refractivity contribution in [2.45, 2.75) is 6.42 Å². The smallest absolute Gasteiger partial charge is 0.307 e. The molecule has 5 heteroatoms. The second kappa shape index (κ2) is 8.13. The molecule has 0 atom stereocenters. The zero-order valence-electron chi connectivity index (χ0n) is 9.52. The highest BCUT2D eigenvalue weighted by atomic mass is 16.6. The molecule has 0 aliphatic carbocycles. The monoisotopic (exact) mass is 229 g/mol. The summed E-state index contributed by atoms with van der Waals surface area (Å²) >= 11 is 0. The molecule has 0 bridgehead atoms. The Balaban J connectivity index is 1.98. The van der Waals surface area contributed by atoms with E-state index in [0.717, 1.165) is 32.8 Å². The third-order valence-electron chi connectivity index (χ3n) is 2.32. The van der Waals surface area contributed by atoms with Crippen LogP contribution in [0.25, 0.3) is 0 Å². The van der Waals surface area contributed by atoms with E-state index in [1.54, 1.807) is 0 Å². The molecule has 16 heavy (non-hydrogen) atoms. The topological polar surface area (TPSA) is 48.0 Å². The van der Waals surface area contributed by atoms with Crippen molar-refractivity contribution in [2.75, 3.05) is 46.1 Å². The van der Waals surface area contributed by atoms with Gasteiger partial charge in [0, 0.05) is 19.6 Å². The molecule has 1 rings (SSSR count). The predicted molar refractivity (Wildman–Crippen MR) is 59.0 cm³/mol. The van der Waals surface area contributed by atoms with Crippen LogP contribution in [-0.2, 0) is 19.0 Å². The number of carbonyl (C=O) groups excluding carboxylic acids is 1. The summed E-state index contributed by atoms with van der Waals surface area (Å²) in [5, 5.41) is 0. The zero-order chi connectivity index (χ0) is 11.6. The van der Waals surface area contributed by atoms with E-state index in [2.05, 4.69) is 11.5 Å². The summed E-state index contributed by atoms with van der Waals surface area (Å²) in [4.78, 5) is 13.5. The van der Waals surface area contributed by atoms with Crippen LogP contribution in [0.3, 0.4) is 0 Å². The molecule has 0 amide bonds. The molecule has 0 spiro atoms. The molecule has 5 nitrogen and oxygen atoms in total. The van der Waals surface area contributed by atoms with Crippen molar-refractivity contribution in [3.63, 3.8) is 0 Å². The molecule has 1 aliphatic heterocycles. The SMILES string of the molecule is C=COCCOC(=O)CCN1CCOCC1. The first-order chi connectivity index (χ1) is 7.83. The zero-order valence-corrected chi connectivity index (χ0v) is 9.52. The van der Waals surface area contributed by atoms with E-state index in [1.165, 1.54) is 6.26 Å². The van der Waals surface area contributed by atoms with Crippen LogP contribution < -0.4 is 0 Å². The molecule has 0 radical (unpaired) electrons. The Kier molecular flexibility index (Phi) is 6.60. The number of carbonyl (C=O) groups is 1. The van der Waals surface area contributed by atoms with Crippen LogP contribution in [-0.4, -0.2) is 56.9 Å². The number of morpholine rings is 1. The fraction of sp³-hybridized carbons (Fsp3) is 0.727. The molecular weight excluding hydrogens is 210 g/mol. The van der Waals surface area contributed by atoms with Crippen LogP contribution in [0.4, 0.5) is 0 Å². The summed E-state index contributed by atoms with van der Waals surface area (Å²) in [7, 11) is 0. The third-order valence-corrected chi connectivity index (χ3v) is 2.32. The highest BCUT2D eigenvalue weighted by molar-refractivity contribution is 5.69. The minimum atomic E-state index is -0.181. The average Bonchev–Trinajstić information content (AvgIpc) is 2.33. The van der Waals surface area contributed by atoms with E-state index in [9.17, 15) is 4.79 Å². The van der Waals surface area contributed by atoms with Gasteiger partial charge in [0.15, 0.2) is 0 Å². The van der Waals surface area contributed by atoms with E-state index in [0.29, 0.717) is 13.0 Å². The Labute approximate surface area is 96.0 Å². The van der Waals surface area contributed by atoms with Gasteiger partial charge in [-0.25, -0.2) is 0 Å². The second-order valence-electron chi connectivity index (χ2n) is 3.46. The van der Waals surface area contributed by atoms with E-state index in [1.807, 2.05) is 0 Å². The Morgan fingerprint density at radius 3 is 2.81 bits per heavy atom. The highest BCUT2D eigenvalue weighted by Gasteiger charge is 2.12. The van der Waals surface area contributed by atoms with E-state index in [-0.39, 0.29) is 12.6 Å². The molecule has 1 aliphatic rings. The minimum absolute atomic E-state index is 0.181. The molecule has 0 unspecified atom stereocenters. The largest absolute Gasteiger partial charge is 0.498 e. The molecule has 1 saturated heterocycles. The third kappa shape index (κ3) is 5.72. The number of nitrogens with zero attached hydrogens (tertiary/aromatic N) is 1. The molecule has 0 N–H and O–H groups in total. The van der Waals surface area contributed by atoms with Crippen LogP contribution in [0, 0.1) is 0 Å². The van der Waals surface area contributed by atoms with Crippen molar-refractivity contribution in [3.8, 4) is 0 Å². The molecule has 1 fully saturated rings. The average molecular weight is 229 g/mol. The number of rotatable bonds is 7. The molecule has 0 aromatic heterocycles. The Bertz CT molecular complexity index is 214. The highest BCUT2D eigenvalue weighted by Crippen LogP contribution is 1.98. The lowest BCUT2D eigenvalue weighted by Gasteiger charge is -2.25. The van der Waals surface area contributed by atoms with Gasteiger partial charge in [0.2, 0.25) is 0 Å². The van der Waals surface area contributed by atoms with Gasteiger partial charge in [-0.2, -0.15) is 0 Å². The van der Waals surface area contributed by atoms with Gasteiger partial charge in [-0.05, 0) is 0 Å². The van der Waals surface area contributed by atoms with Crippen LogP contribution in [0.2, 0.25) is 0 Å². The van der Waals surface area contributed by atoms with Gasteiger partial charge in [-0.3, -0.25) is 9.69 Å². The first-order valence-corrected chi connectivity index (χ1v) is 5.51. The molecule has 0 aromatic rings. The number of hydrogen-bond acceptors (Lipinski definition) is 5. The van der Waals surface area contributed by atoms with Crippen LogP contribution in [0.15, 0.2) is 12.8 Å². The Hall–Kier alpha value is -1.07. The van der Waals surface area contributed by atoms with Gasteiger partial charge < -0.3 is 14.2 Å². The Morgan fingerprint density at radius 1 is 1.38 bits per heavy atom. The standard InChI is InChI=1S/C11H19NO4/c1-2-14-9-10-16-11(13)3-4-12-5-7-15-8-6-12/h2H,1,3-10H2. The first kappa shape index (κ1) is 13.0. The maximum Gasteiger partial charge on any atom is 0.307 e. The fourth-order valence-corrected chi connectivity index (χ4v) is 1.43. The maximum atomic E-state index is 11.3. The summed E-state index contributed by atoms with van der Waals surface area (Å²) in [6.07, 6.45) is 1.76. The van der Waals surface area contributed by atoms with Crippen molar-refractivity contribution in [1.29, 1.82) is 0 Å². The van der Waals surface area contributed by atoms with Crippen LogP contribution in [0.5, 0.6) is 0 Å². The van der Waals surface area contributed by atoms with Gasteiger partial charge in [0.05, 0.1) is 25.9 Å². The quantitative estimate of drug-likeness (QED) is 0.359. The van der Waals surface area contributed by atoms with Crippen LogP contribution >= 0.6 is 0 Å². The minimum Gasteiger partial charge on any atom is -0.498 e. The molecule has 0 saturated carbocycles. The Morgan fingerprint density at radius 2 is 2.12 bits per heavy atom. The lowest BCUT2D eigenvalue weighted by atomic mass is 10.3. The van der Waals surface area contributed by atoms with Gasteiger partial charge in [0.25, 0.3) is 0 Å². The van der Waals surface area contributed by atoms with E-state index < -0.39 is 0 Å². The number of hydrogen-bond donors (Lipinski definition) is 0. The van der Waals surface area contributed by atoms with E-state index >= 15 is 0 Å². The summed E-state index contributed by atoms with van der Waals surface area (Å²) in [5.41, 5.74) is 0. The molecular formula is C11H19NO4. The van der Waals surface area contributed by atoms with Crippen LogP contribution in [0.1, 0.15) is 6.42 Å². The summed E-state index contributed by atoms with van der Waals surface area (Å²) < 4.78 is 15.0. The normalized spacial score (nSPS) is 16.8. The fourth-order valence-electron chi connectivity index (χ4n) is 1.43. The van der Waals surface area contributed by atoms with Gasteiger partial charge in [0.1, 0.15) is 13.2 Å². The summed E-state index contributed by atoms with van der Waals surface area (Å²) in [6, 6.07) is 0. The predicted octanol–water partition coefficient (Wildman–Crippen LogP) is 0.412.